The van der Waals surface area contributed by atoms with Crippen LogP contribution < -0.4 is 15.3 Å². The van der Waals surface area contributed by atoms with Gasteiger partial charge in [0, 0.05) is 15.8 Å². The van der Waals surface area contributed by atoms with Crippen molar-refractivity contribution in [2.45, 2.75) is 0 Å². The summed E-state index contributed by atoms with van der Waals surface area (Å²) in [6, 6.07) is 16.8. The van der Waals surface area contributed by atoms with Gasteiger partial charge in [0.2, 0.25) is 0 Å². The quantitative estimate of drug-likeness (QED) is 0.450. The topological polar surface area (TPSA) is 9.23 Å². The molecule has 0 aliphatic rings. The Hall–Kier alpha value is 0.342. The van der Waals surface area contributed by atoms with Gasteiger partial charge in [0.25, 0.3) is 0 Å². The van der Waals surface area contributed by atoms with Crippen LogP contribution in [0.4, 0.5) is 0 Å². The van der Waals surface area contributed by atoms with E-state index in [-0.39, 0.29) is 15.9 Å². The van der Waals surface area contributed by atoms with Crippen LogP contribution in [0.2, 0.25) is 0 Å². The molecule has 0 N–H and O–H groups in total. The van der Waals surface area contributed by atoms with Crippen molar-refractivity contribution in [1.29, 1.82) is 0 Å². The molecule has 0 bridgehead atoms. The Morgan fingerprint density at radius 3 is 1.36 bits per heavy atom. The van der Waals surface area contributed by atoms with Crippen LogP contribution in [0.1, 0.15) is 0 Å². The van der Waals surface area contributed by atoms with E-state index in [0.29, 0.717) is 0 Å². The van der Waals surface area contributed by atoms with Gasteiger partial charge in [-0.25, -0.2) is 0 Å². The van der Waals surface area contributed by atoms with Gasteiger partial charge >= 0.3 is 35.0 Å². The van der Waals surface area contributed by atoms with Crippen molar-refractivity contribution in [1.82, 2.24) is 0 Å². The third kappa shape index (κ3) is 6.45. The fraction of sp³-hybridized carbons (Fsp3) is 0.250. The molecule has 0 spiro atoms. The van der Waals surface area contributed by atoms with Crippen molar-refractivity contribution in [3.05, 3.63) is 48.5 Å². The van der Waals surface area contributed by atoms with Gasteiger partial charge in [-0.3, -0.25) is 0 Å². The van der Waals surface area contributed by atoms with E-state index >= 15 is 0 Å². The average Bonchev–Trinajstić information content (AvgIpc) is 2.48. The Bertz CT molecular complexity index is 530. The van der Waals surface area contributed by atoms with Gasteiger partial charge in [-0.1, -0.05) is 24.3 Å². The molecule has 22 heavy (non-hydrogen) atoms. The average molecular weight is 470 g/mol. The van der Waals surface area contributed by atoms with E-state index in [1.165, 1.54) is 10.6 Å². The van der Waals surface area contributed by atoms with E-state index in [4.69, 9.17) is 23.8 Å². The third-order valence-electron chi connectivity index (χ3n) is 3.07. The van der Waals surface area contributed by atoms with Crippen molar-refractivity contribution in [3.8, 4) is 11.5 Å². The van der Waals surface area contributed by atoms with E-state index in [0.717, 1.165) is 11.5 Å². The number of rotatable bonds is 4. The number of ether oxygens (including phenoxy) is 1. The second-order valence-corrected chi connectivity index (χ2v) is 12.6. The standard InChI is InChI=1S/C16H20OP2.2ClH.Pd/c1-18(2)15-11-7-5-9-13(15)17-14-10-6-8-12-16(14)19(3)4;;;/h5-12H,1-4H3;2*1H;/q;;;+2. The van der Waals surface area contributed by atoms with Crippen molar-refractivity contribution < 1.29 is 20.7 Å². The van der Waals surface area contributed by atoms with Crippen LogP contribution in [0.15, 0.2) is 48.5 Å². The van der Waals surface area contributed by atoms with Gasteiger partial charge in [0.1, 0.15) is 10.6 Å². The molecule has 0 saturated carbocycles. The monoisotopic (exact) mass is 468 g/mol. The third-order valence-corrected chi connectivity index (χ3v) is 6.05. The fourth-order valence-corrected chi connectivity index (χ4v) is 4.17. The molecule has 0 unspecified atom stereocenters. The minimum atomic E-state index is -0.510. The molecule has 0 radical (unpaired) electrons. The molecule has 1 nitrogen and oxygen atoms in total. The fourth-order valence-electron chi connectivity index (χ4n) is 2.06. The molecule has 0 heterocycles. The second kappa shape index (κ2) is 11.0. The number of para-hydroxylation sites is 2. The zero-order valence-electron chi connectivity index (χ0n) is 13.1. The molecule has 0 aromatic heterocycles. The van der Waals surface area contributed by atoms with Crippen molar-refractivity contribution in [2.75, 3.05) is 26.7 Å². The number of halogens is 2. The minimum absolute atomic E-state index is 0.106. The second-order valence-electron chi connectivity index (χ2n) is 5.14. The molecule has 0 aliphatic heterocycles. The molecule has 2 aromatic rings. The first-order valence-electron chi connectivity index (χ1n) is 6.80. The van der Waals surface area contributed by atoms with Gasteiger partial charge < -0.3 is 4.74 Å². The maximum atomic E-state index is 6.21. The van der Waals surface area contributed by atoms with Crippen LogP contribution in [0.25, 0.3) is 0 Å². The van der Waals surface area contributed by atoms with Gasteiger partial charge in [0.15, 0.2) is 11.5 Å². The van der Waals surface area contributed by atoms with E-state index < -0.39 is 15.8 Å². The summed E-state index contributed by atoms with van der Waals surface area (Å²) in [5.74, 6) is 2.05. The molecule has 0 amide bonds. The van der Waals surface area contributed by atoms with Gasteiger partial charge in [-0.2, -0.15) is 0 Å². The summed E-state index contributed by atoms with van der Waals surface area (Å²) in [6.45, 7) is 9.20. The molecule has 124 valence electrons. The first-order chi connectivity index (χ1) is 10.5. The van der Waals surface area contributed by atoms with Crippen LogP contribution in [0, 0.1) is 0 Å². The van der Waals surface area contributed by atoms with Crippen LogP contribution in [0.5, 0.6) is 11.5 Å². The molecular weight excluding hydrogens is 447 g/mol. The summed E-state index contributed by atoms with van der Waals surface area (Å²) in [5.41, 5.74) is 0. The molecule has 2 rings (SSSR count). The Balaban J connectivity index is 0.000000745. The molecule has 2 aromatic carbocycles. The summed E-state index contributed by atoms with van der Waals surface area (Å²) in [6.07, 6.45) is 0. The van der Waals surface area contributed by atoms with Crippen LogP contribution in [0.3, 0.4) is 0 Å². The van der Waals surface area contributed by atoms with E-state index in [2.05, 4.69) is 75.2 Å². The van der Waals surface area contributed by atoms with Crippen LogP contribution in [-0.4, -0.2) is 26.7 Å². The van der Waals surface area contributed by atoms with Gasteiger partial charge in [-0.05, 0) is 24.3 Å². The Labute approximate surface area is 152 Å². The zero-order chi connectivity index (χ0) is 16.5. The van der Waals surface area contributed by atoms with Crippen molar-refractivity contribution >= 4 is 45.5 Å². The zero-order valence-corrected chi connectivity index (χ0v) is 18.2. The Morgan fingerprint density at radius 1 is 0.727 bits per heavy atom. The Kier molecular flexibility index (Phi) is 10.2. The SMILES string of the molecule is C[PH+](C)c1ccccc1Oc1ccccc1[PH+](C)C.[Cl][Pd][Cl]. The molecule has 0 aliphatic carbocycles. The normalized spacial score (nSPS) is 10.5. The van der Waals surface area contributed by atoms with Crippen LogP contribution in [-0.2, 0) is 15.9 Å². The molecule has 0 saturated heterocycles. The molecule has 0 atom stereocenters. The van der Waals surface area contributed by atoms with E-state index in [1.807, 2.05) is 0 Å². The Morgan fingerprint density at radius 2 is 1.05 bits per heavy atom. The van der Waals surface area contributed by atoms with Gasteiger partial charge in [-0.15, -0.1) is 0 Å². The predicted molar refractivity (Wildman–Crippen MR) is 104 cm³/mol. The summed E-state index contributed by atoms with van der Waals surface area (Å²) in [5, 5.41) is 2.73. The summed E-state index contributed by atoms with van der Waals surface area (Å²) < 4.78 is 6.21. The summed E-state index contributed by atoms with van der Waals surface area (Å²) >= 11 is -0.106. The first kappa shape index (κ1) is 20.4. The summed E-state index contributed by atoms with van der Waals surface area (Å²) in [7, 11) is 8.61. The summed E-state index contributed by atoms with van der Waals surface area (Å²) in [4.78, 5) is 0. The molecular formula is C16H22Cl2OP2Pd+2. The first-order valence-corrected chi connectivity index (χ1v) is 15.8. The number of hydrogen-bond acceptors (Lipinski definition) is 1. The van der Waals surface area contributed by atoms with Crippen LogP contribution >= 0.6 is 34.9 Å². The number of benzene rings is 2. The van der Waals surface area contributed by atoms with E-state index in [9.17, 15) is 0 Å². The van der Waals surface area contributed by atoms with Gasteiger partial charge in [0.05, 0.1) is 26.7 Å². The van der Waals surface area contributed by atoms with E-state index in [1.54, 1.807) is 0 Å². The number of hydrogen-bond donors (Lipinski definition) is 0. The molecule has 0 fully saturated rings. The maximum absolute atomic E-state index is 6.21. The van der Waals surface area contributed by atoms with Crippen molar-refractivity contribution in [3.63, 3.8) is 0 Å². The predicted octanol–water partition coefficient (Wildman–Crippen LogP) is 5.05. The van der Waals surface area contributed by atoms with Crippen molar-refractivity contribution in [2.24, 2.45) is 0 Å². The molecule has 6 heteroatoms.